The molecule has 3 heteroatoms. The zero-order chi connectivity index (χ0) is 16.5. The topological polar surface area (TPSA) is 52.3 Å². The highest BCUT2D eigenvalue weighted by molar-refractivity contribution is 5.74. The monoisotopic (exact) mass is 313 g/mol. The van der Waals surface area contributed by atoms with Gasteiger partial charge in [-0.3, -0.25) is 4.79 Å². The molecule has 22 heavy (non-hydrogen) atoms. The Balaban J connectivity index is 3.04. The molecule has 0 aliphatic heterocycles. The van der Waals surface area contributed by atoms with E-state index in [9.17, 15) is 4.79 Å². The van der Waals surface area contributed by atoms with E-state index in [4.69, 9.17) is 10.5 Å². The lowest BCUT2D eigenvalue weighted by Crippen LogP contribution is -2.28. The number of rotatable bonds is 16. The van der Waals surface area contributed by atoms with Crippen LogP contribution < -0.4 is 5.73 Å². The largest absolute Gasteiger partial charge is 0.465 e. The van der Waals surface area contributed by atoms with Crippen LogP contribution in [0.15, 0.2) is 0 Å². The summed E-state index contributed by atoms with van der Waals surface area (Å²) in [6, 6.07) is -0.494. The summed E-state index contributed by atoms with van der Waals surface area (Å²) in [5, 5.41) is 0. The van der Waals surface area contributed by atoms with Crippen molar-refractivity contribution >= 4 is 5.97 Å². The molecule has 2 N–H and O–H groups in total. The van der Waals surface area contributed by atoms with Crippen molar-refractivity contribution in [2.45, 2.75) is 110 Å². The van der Waals surface area contributed by atoms with E-state index in [0.717, 1.165) is 12.8 Å². The van der Waals surface area contributed by atoms with Gasteiger partial charge in [0, 0.05) is 0 Å². The Labute approximate surface area is 138 Å². The number of carbonyl (C=O) groups is 1. The van der Waals surface area contributed by atoms with Gasteiger partial charge in [-0.05, 0) is 13.3 Å². The molecule has 0 aliphatic rings. The fourth-order valence-corrected chi connectivity index (χ4v) is 2.60. The predicted molar refractivity (Wildman–Crippen MR) is 94.9 cm³/mol. The number of unbranched alkanes of at least 4 members (excludes halogenated alkanes) is 13. The van der Waals surface area contributed by atoms with Gasteiger partial charge >= 0.3 is 5.97 Å². The first-order valence-electron chi connectivity index (χ1n) is 9.60. The van der Waals surface area contributed by atoms with Gasteiger partial charge in [-0.1, -0.05) is 90.4 Å². The van der Waals surface area contributed by atoms with Crippen LogP contribution in [-0.4, -0.2) is 18.6 Å². The standard InChI is InChI=1S/C19H39NO2/c1-3-4-5-6-7-8-9-10-11-12-13-14-15-16-17-22-19(21)18(2)20/h18H,3-17,20H2,1-2H3/t18-/m0/s1. The highest BCUT2D eigenvalue weighted by Gasteiger charge is 2.07. The fraction of sp³-hybridized carbons (Fsp3) is 0.947. The van der Waals surface area contributed by atoms with Crippen LogP contribution in [0.2, 0.25) is 0 Å². The summed E-state index contributed by atoms with van der Waals surface area (Å²) in [4.78, 5) is 11.1. The first-order valence-corrected chi connectivity index (χ1v) is 9.60. The Bertz CT molecular complexity index is 242. The zero-order valence-corrected chi connectivity index (χ0v) is 15.1. The Morgan fingerprint density at radius 2 is 1.14 bits per heavy atom. The smallest absolute Gasteiger partial charge is 0.322 e. The lowest BCUT2D eigenvalue weighted by Gasteiger charge is -2.06. The van der Waals surface area contributed by atoms with Crippen LogP contribution in [0.3, 0.4) is 0 Å². The van der Waals surface area contributed by atoms with Crippen LogP contribution in [0.5, 0.6) is 0 Å². The Hall–Kier alpha value is -0.570. The molecule has 0 aromatic carbocycles. The minimum absolute atomic E-state index is 0.283. The number of esters is 1. The van der Waals surface area contributed by atoms with E-state index in [1.807, 2.05) is 0 Å². The maximum absolute atomic E-state index is 11.1. The molecule has 1 atom stereocenters. The molecule has 0 unspecified atom stereocenters. The van der Waals surface area contributed by atoms with Crippen LogP contribution >= 0.6 is 0 Å². The van der Waals surface area contributed by atoms with Crippen molar-refractivity contribution in [2.24, 2.45) is 5.73 Å². The van der Waals surface area contributed by atoms with Gasteiger partial charge in [0.1, 0.15) is 6.04 Å². The summed E-state index contributed by atoms with van der Waals surface area (Å²) in [5.41, 5.74) is 5.42. The van der Waals surface area contributed by atoms with Crippen molar-refractivity contribution in [3.05, 3.63) is 0 Å². The number of ether oxygens (including phenoxy) is 1. The molecule has 0 saturated carbocycles. The van der Waals surface area contributed by atoms with E-state index >= 15 is 0 Å². The van der Waals surface area contributed by atoms with E-state index in [2.05, 4.69) is 6.92 Å². The molecular formula is C19H39NO2. The second-order valence-corrected chi connectivity index (χ2v) is 6.55. The Morgan fingerprint density at radius 1 is 0.773 bits per heavy atom. The van der Waals surface area contributed by atoms with E-state index in [-0.39, 0.29) is 5.97 Å². The third kappa shape index (κ3) is 15.8. The second kappa shape index (κ2) is 16.8. The van der Waals surface area contributed by atoms with Gasteiger partial charge in [0.05, 0.1) is 6.61 Å². The lowest BCUT2D eigenvalue weighted by molar-refractivity contribution is -0.144. The third-order valence-corrected chi connectivity index (χ3v) is 4.11. The van der Waals surface area contributed by atoms with E-state index in [1.165, 1.54) is 77.0 Å². The molecule has 0 aromatic heterocycles. The predicted octanol–water partition coefficient (Wildman–Crippen LogP) is 5.36. The summed E-state index contributed by atoms with van der Waals surface area (Å²) in [5.74, 6) is -0.283. The molecule has 0 fully saturated rings. The van der Waals surface area contributed by atoms with Crippen LogP contribution in [0.4, 0.5) is 0 Å². The second-order valence-electron chi connectivity index (χ2n) is 6.55. The number of carbonyl (C=O) groups excluding carboxylic acids is 1. The summed E-state index contributed by atoms with van der Waals surface area (Å²) >= 11 is 0. The first-order chi connectivity index (χ1) is 10.7. The fourth-order valence-electron chi connectivity index (χ4n) is 2.60. The molecule has 0 amide bonds. The van der Waals surface area contributed by atoms with Gasteiger partial charge in [0.2, 0.25) is 0 Å². The SMILES string of the molecule is CCCCCCCCCCCCCCCCOC(=O)[C@H](C)N. The minimum Gasteiger partial charge on any atom is -0.465 e. The van der Waals surface area contributed by atoms with Crippen molar-refractivity contribution in [2.75, 3.05) is 6.61 Å². The Morgan fingerprint density at radius 3 is 1.50 bits per heavy atom. The van der Waals surface area contributed by atoms with Gasteiger partial charge in [0.15, 0.2) is 0 Å². The average molecular weight is 314 g/mol. The molecule has 0 spiro atoms. The molecule has 0 heterocycles. The number of hydrogen-bond acceptors (Lipinski definition) is 3. The molecule has 0 aliphatic carbocycles. The zero-order valence-electron chi connectivity index (χ0n) is 15.1. The van der Waals surface area contributed by atoms with Gasteiger partial charge in [0.25, 0.3) is 0 Å². The van der Waals surface area contributed by atoms with E-state index < -0.39 is 6.04 Å². The molecule has 132 valence electrons. The van der Waals surface area contributed by atoms with Crippen molar-refractivity contribution in [3.8, 4) is 0 Å². The average Bonchev–Trinajstić information content (AvgIpc) is 2.50. The Kier molecular flexibility index (Phi) is 16.4. The number of nitrogens with two attached hydrogens (primary N) is 1. The molecule has 0 aromatic rings. The summed E-state index contributed by atoms with van der Waals surface area (Å²) in [6.07, 6.45) is 18.7. The molecule has 3 nitrogen and oxygen atoms in total. The third-order valence-electron chi connectivity index (χ3n) is 4.11. The van der Waals surface area contributed by atoms with Crippen molar-refractivity contribution in [1.29, 1.82) is 0 Å². The summed E-state index contributed by atoms with van der Waals surface area (Å²) in [6.45, 7) is 4.46. The van der Waals surface area contributed by atoms with Gasteiger partial charge in [-0.15, -0.1) is 0 Å². The molecule has 0 saturated heterocycles. The minimum atomic E-state index is -0.494. The van der Waals surface area contributed by atoms with E-state index in [0.29, 0.717) is 6.61 Å². The van der Waals surface area contributed by atoms with Crippen LogP contribution in [-0.2, 0) is 9.53 Å². The molecule has 0 bridgehead atoms. The lowest BCUT2D eigenvalue weighted by atomic mass is 10.0. The van der Waals surface area contributed by atoms with Crippen LogP contribution in [0.1, 0.15) is 104 Å². The van der Waals surface area contributed by atoms with Crippen molar-refractivity contribution in [3.63, 3.8) is 0 Å². The van der Waals surface area contributed by atoms with Crippen LogP contribution in [0, 0.1) is 0 Å². The van der Waals surface area contributed by atoms with Gasteiger partial charge in [-0.25, -0.2) is 0 Å². The summed E-state index contributed by atoms with van der Waals surface area (Å²) in [7, 11) is 0. The van der Waals surface area contributed by atoms with Crippen LogP contribution in [0.25, 0.3) is 0 Å². The normalized spacial score (nSPS) is 12.3. The maximum Gasteiger partial charge on any atom is 0.322 e. The molecule has 0 rings (SSSR count). The van der Waals surface area contributed by atoms with Gasteiger partial charge in [-0.2, -0.15) is 0 Å². The first kappa shape index (κ1) is 21.4. The number of hydrogen-bond donors (Lipinski definition) is 1. The highest BCUT2D eigenvalue weighted by atomic mass is 16.5. The van der Waals surface area contributed by atoms with E-state index in [1.54, 1.807) is 6.92 Å². The quantitative estimate of drug-likeness (QED) is 0.308. The van der Waals surface area contributed by atoms with Crippen molar-refractivity contribution < 1.29 is 9.53 Å². The molecule has 0 radical (unpaired) electrons. The summed E-state index contributed by atoms with van der Waals surface area (Å²) < 4.78 is 5.05. The highest BCUT2D eigenvalue weighted by Crippen LogP contribution is 2.12. The van der Waals surface area contributed by atoms with Crippen molar-refractivity contribution in [1.82, 2.24) is 0 Å². The maximum atomic E-state index is 11.1. The van der Waals surface area contributed by atoms with Gasteiger partial charge < -0.3 is 10.5 Å². The molecular weight excluding hydrogens is 274 g/mol.